The van der Waals surface area contributed by atoms with Gasteiger partial charge in [0.15, 0.2) is 0 Å². The standard InChI is InChI=1S/C10H8Cl2FNO2/c11-5-1-2-6(13)10(12)9(5)7-3-14-8(15)4-16-7/h1-2,7H,3-4H2,(H,14,15)/t7-/m0/s1. The van der Waals surface area contributed by atoms with Crippen LogP contribution in [0, 0.1) is 5.82 Å². The molecule has 86 valence electrons. The number of ether oxygens (including phenoxy) is 1. The highest BCUT2D eigenvalue weighted by Gasteiger charge is 2.25. The summed E-state index contributed by atoms with van der Waals surface area (Å²) in [6.07, 6.45) is -0.506. The summed E-state index contributed by atoms with van der Waals surface area (Å²) in [5, 5.41) is 2.87. The van der Waals surface area contributed by atoms with E-state index in [2.05, 4.69) is 5.32 Å². The smallest absolute Gasteiger partial charge is 0.246 e. The largest absolute Gasteiger partial charge is 0.362 e. The maximum atomic E-state index is 13.3. The van der Waals surface area contributed by atoms with Crippen molar-refractivity contribution in [1.82, 2.24) is 5.32 Å². The average Bonchev–Trinajstić information content (AvgIpc) is 2.27. The van der Waals surface area contributed by atoms with Crippen LogP contribution in [0.3, 0.4) is 0 Å². The van der Waals surface area contributed by atoms with Crippen molar-refractivity contribution >= 4 is 29.1 Å². The van der Waals surface area contributed by atoms with E-state index < -0.39 is 11.9 Å². The van der Waals surface area contributed by atoms with Crippen LogP contribution in [0.1, 0.15) is 11.7 Å². The van der Waals surface area contributed by atoms with E-state index in [0.29, 0.717) is 10.6 Å². The Labute approximate surface area is 101 Å². The molecule has 1 fully saturated rings. The Balaban J connectivity index is 2.33. The second-order valence-electron chi connectivity index (χ2n) is 3.36. The van der Waals surface area contributed by atoms with E-state index in [4.69, 9.17) is 27.9 Å². The summed E-state index contributed by atoms with van der Waals surface area (Å²) >= 11 is 11.7. The van der Waals surface area contributed by atoms with Gasteiger partial charge in [0, 0.05) is 17.1 Å². The molecule has 1 N–H and O–H groups in total. The summed E-state index contributed by atoms with van der Waals surface area (Å²) < 4.78 is 18.5. The summed E-state index contributed by atoms with van der Waals surface area (Å²) in [7, 11) is 0. The van der Waals surface area contributed by atoms with Crippen molar-refractivity contribution in [3.63, 3.8) is 0 Å². The molecule has 1 aliphatic heterocycles. The third kappa shape index (κ3) is 2.14. The van der Waals surface area contributed by atoms with Gasteiger partial charge in [-0.25, -0.2) is 4.39 Å². The first-order valence-corrected chi connectivity index (χ1v) is 5.37. The number of carbonyl (C=O) groups is 1. The Morgan fingerprint density at radius 2 is 2.19 bits per heavy atom. The van der Waals surface area contributed by atoms with Gasteiger partial charge in [0.05, 0.1) is 5.02 Å². The van der Waals surface area contributed by atoms with E-state index in [1.54, 1.807) is 0 Å². The number of rotatable bonds is 1. The predicted octanol–water partition coefficient (Wildman–Crippen LogP) is 2.32. The second-order valence-corrected chi connectivity index (χ2v) is 4.15. The normalized spacial score (nSPS) is 20.7. The van der Waals surface area contributed by atoms with Crippen LogP contribution in [-0.2, 0) is 9.53 Å². The summed E-state index contributed by atoms with van der Waals surface area (Å²) in [6.45, 7) is 0.162. The van der Waals surface area contributed by atoms with Gasteiger partial charge in [-0.15, -0.1) is 0 Å². The molecule has 1 saturated heterocycles. The van der Waals surface area contributed by atoms with Crippen molar-refractivity contribution in [2.45, 2.75) is 6.10 Å². The van der Waals surface area contributed by atoms with Crippen LogP contribution in [0.25, 0.3) is 0 Å². The number of carbonyl (C=O) groups excluding carboxylic acids is 1. The molecule has 1 amide bonds. The molecule has 2 rings (SSSR count). The van der Waals surface area contributed by atoms with Gasteiger partial charge in [-0.1, -0.05) is 23.2 Å². The molecule has 1 aromatic carbocycles. The number of morpholine rings is 1. The van der Waals surface area contributed by atoms with E-state index in [1.165, 1.54) is 12.1 Å². The summed E-state index contributed by atoms with van der Waals surface area (Å²) in [5.41, 5.74) is 0.378. The Hall–Kier alpha value is -0.840. The molecule has 0 aliphatic carbocycles. The van der Waals surface area contributed by atoms with E-state index in [1.807, 2.05) is 0 Å². The van der Waals surface area contributed by atoms with Crippen LogP contribution < -0.4 is 5.32 Å². The van der Waals surface area contributed by atoms with Crippen molar-refractivity contribution in [1.29, 1.82) is 0 Å². The van der Waals surface area contributed by atoms with Gasteiger partial charge in [-0.05, 0) is 12.1 Å². The fraction of sp³-hybridized carbons (Fsp3) is 0.300. The van der Waals surface area contributed by atoms with Crippen LogP contribution in [0.5, 0.6) is 0 Å². The van der Waals surface area contributed by atoms with Gasteiger partial charge in [0.25, 0.3) is 0 Å². The zero-order valence-corrected chi connectivity index (χ0v) is 9.61. The predicted molar refractivity (Wildman–Crippen MR) is 58.1 cm³/mol. The molecule has 0 spiro atoms. The fourth-order valence-electron chi connectivity index (χ4n) is 1.52. The van der Waals surface area contributed by atoms with Crippen LogP contribution in [0.15, 0.2) is 12.1 Å². The van der Waals surface area contributed by atoms with Gasteiger partial charge in [0.2, 0.25) is 5.91 Å². The third-order valence-corrected chi connectivity index (χ3v) is 3.02. The van der Waals surface area contributed by atoms with Crippen LogP contribution in [-0.4, -0.2) is 19.1 Å². The lowest BCUT2D eigenvalue weighted by atomic mass is 10.1. The molecule has 3 nitrogen and oxygen atoms in total. The lowest BCUT2D eigenvalue weighted by molar-refractivity contribution is -0.133. The average molecular weight is 264 g/mol. The number of benzene rings is 1. The molecule has 1 atom stereocenters. The Kier molecular flexibility index (Phi) is 3.33. The Morgan fingerprint density at radius 1 is 1.44 bits per heavy atom. The van der Waals surface area contributed by atoms with E-state index in [0.717, 1.165) is 0 Å². The molecule has 1 heterocycles. The molecular weight excluding hydrogens is 256 g/mol. The summed E-state index contributed by atoms with van der Waals surface area (Å²) in [6, 6.07) is 2.60. The third-order valence-electron chi connectivity index (χ3n) is 2.30. The van der Waals surface area contributed by atoms with Gasteiger partial charge >= 0.3 is 0 Å². The zero-order chi connectivity index (χ0) is 11.7. The zero-order valence-electron chi connectivity index (χ0n) is 8.10. The summed E-state index contributed by atoms with van der Waals surface area (Å²) in [4.78, 5) is 10.9. The van der Waals surface area contributed by atoms with Crippen molar-refractivity contribution < 1.29 is 13.9 Å². The lowest BCUT2D eigenvalue weighted by Crippen LogP contribution is -2.38. The highest BCUT2D eigenvalue weighted by Crippen LogP contribution is 2.34. The number of hydrogen-bond acceptors (Lipinski definition) is 2. The molecule has 6 heteroatoms. The van der Waals surface area contributed by atoms with Crippen molar-refractivity contribution in [3.8, 4) is 0 Å². The van der Waals surface area contributed by atoms with Gasteiger partial charge in [-0.2, -0.15) is 0 Å². The highest BCUT2D eigenvalue weighted by atomic mass is 35.5. The van der Waals surface area contributed by atoms with Crippen LogP contribution in [0.4, 0.5) is 4.39 Å². The van der Waals surface area contributed by atoms with E-state index >= 15 is 0 Å². The molecule has 0 aromatic heterocycles. The molecule has 16 heavy (non-hydrogen) atoms. The topological polar surface area (TPSA) is 38.3 Å². The molecule has 0 unspecified atom stereocenters. The summed E-state index contributed by atoms with van der Waals surface area (Å²) in [5.74, 6) is -0.763. The monoisotopic (exact) mass is 263 g/mol. The minimum Gasteiger partial charge on any atom is -0.362 e. The van der Waals surface area contributed by atoms with Gasteiger partial charge in [0.1, 0.15) is 18.5 Å². The SMILES string of the molecule is O=C1CO[C@H](c2c(Cl)ccc(F)c2Cl)CN1. The quantitative estimate of drug-likeness (QED) is 0.790. The highest BCUT2D eigenvalue weighted by molar-refractivity contribution is 6.36. The number of nitrogens with one attached hydrogen (secondary N) is 1. The molecule has 0 radical (unpaired) electrons. The van der Waals surface area contributed by atoms with E-state index in [-0.39, 0.29) is 24.1 Å². The van der Waals surface area contributed by atoms with Crippen molar-refractivity contribution in [2.24, 2.45) is 0 Å². The maximum absolute atomic E-state index is 13.3. The van der Waals surface area contributed by atoms with Crippen molar-refractivity contribution in [2.75, 3.05) is 13.2 Å². The minimum absolute atomic E-state index is 0.0614. The van der Waals surface area contributed by atoms with Gasteiger partial charge in [-0.3, -0.25) is 4.79 Å². The van der Waals surface area contributed by atoms with Crippen LogP contribution >= 0.6 is 23.2 Å². The number of hydrogen-bond donors (Lipinski definition) is 1. The second kappa shape index (κ2) is 4.57. The van der Waals surface area contributed by atoms with Crippen molar-refractivity contribution in [3.05, 3.63) is 33.6 Å². The number of halogens is 3. The maximum Gasteiger partial charge on any atom is 0.246 e. The molecular formula is C10H8Cl2FNO2. The Bertz CT molecular complexity index is 429. The first-order valence-electron chi connectivity index (χ1n) is 4.61. The minimum atomic E-state index is -0.554. The lowest BCUT2D eigenvalue weighted by Gasteiger charge is -2.25. The molecule has 0 saturated carbocycles. The molecule has 1 aromatic rings. The molecule has 0 bridgehead atoms. The Morgan fingerprint density at radius 3 is 2.81 bits per heavy atom. The first-order chi connectivity index (χ1) is 7.59. The fourth-order valence-corrected chi connectivity index (χ4v) is 2.13. The van der Waals surface area contributed by atoms with Crippen LogP contribution in [0.2, 0.25) is 10.0 Å². The first kappa shape index (κ1) is 11.6. The molecule has 1 aliphatic rings. The van der Waals surface area contributed by atoms with E-state index in [9.17, 15) is 9.18 Å². The van der Waals surface area contributed by atoms with Gasteiger partial charge < -0.3 is 10.1 Å². The number of amides is 1.